The standard InChI is InChI=1S/C26H20N4O4/c1-3-34-26(33)20-15-19-22(27-21-10-6-7-13-30(21)25(19)32)29(2)23(20)28-24(31)18-12-11-16-8-4-5-9-17(16)14-18/h4-15H,3H2,1-2H3. The van der Waals surface area contributed by atoms with Gasteiger partial charge >= 0.3 is 5.97 Å². The third kappa shape index (κ3) is 3.55. The minimum absolute atomic E-state index is 0.0146. The number of amides is 1. The number of carbonyl (C=O) groups excluding carboxylic acids is 2. The number of rotatable bonds is 3. The maximum atomic E-state index is 13.1. The molecule has 0 saturated carbocycles. The Morgan fingerprint density at radius 2 is 1.76 bits per heavy atom. The number of nitrogens with zero attached hydrogens (tertiary/aromatic N) is 4. The van der Waals surface area contributed by atoms with Crippen LogP contribution >= 0.6 is 0 Å². The van der Waals surface area contributed by atoms with Crippen LogP contribution in [0.3, 0.4) is 0 Å². The maximum absolute atomic E-state index is 13.1. The minimum Gasteiger partial charge on any atom is -0.462 e. The Balaban J connectivity index is 1.78. The van der Waals surface area contributed by atoms with E-state index in [0.717, 1.165) is 10.8 Å². The lowest BCUT2D eigenvalue weighted by molar-refractivity contribution is 0.0523. The second-order valence-electron chi connectivity index (χ2n) is 7.72. The van der Waals surface area contributed by atoms with Crippen molar-refractivity contribution in [3.8, 4) is 0 Å². The topological polar surface area (TPSA) is 95.0 Å². The highest BCUT2D eigenvalue weighted by Crippen LogP contribution is 2.16. The van der Waals surface area contributed by atoms with E-state index in [0.29, 0.717) is 16.9 Å². The number of fused-ring (bicyclic) bond motifs is 3. The molecule has 3 aromatic heterocycles. The van der Waals surface area contributed by atoms with Gasteiger partial charge in [-0.1, -0.05) is 36.4 Å². The zero-order chi connectivity index (χ0) is 23.8. The number of hydrogen-bond donors (Lipinski definition) is 0. The van der Waals surface area contributed by atoms with Gasteiger partial charge in [-0.15, -0.1) is 0 Å². The van der Waals surface area contributed by atoms with Crippen LogP contribution in [0.25, 0.3) is 27.5 Å². The Labute approximate surface area is 193 Å². The maximum Gasteiger partial charge on any atom is 0.341 e. The third-order valence-electron chi connectivity index (χ3n) is 5.61. The molecule has 0 aliphatic heterocycles. The number of carbonyl (C=O) groups is 2. The van der Waals surface area contributed by atoms with E-state index in [1.165, 1.54) is 15.0 Å². The molecular weight excluding hydrogens is 432 g/mol. The third-order valence-corrected chi connectivity index (χ3v) is 5.61. The lowest BCUT2D eigenvalue weighted by Crippen LogP contribution is -2.31. The predicted molar refractivity (Wildman–Crippen MR) is 128 cm³/mol. The van der Waals surface area contributed by atoms with E-state index >= 15 is 0 Å². The molecule has 2 aromatic carbocycles. The summed E-state index contributed by atoms with van der Waals surface area (Å²) in [6, 6.07) is 19.6. The summed E-state index contributed by atoms with van der Waals surface area (Å²) >= 11 is 0. The average Bonchev–Trinajstić information content (AvgIpc) is 2.86. The van der Waals surface area contributed by atoms with Crippen molar-refractivity contribution in [3.63, 3.8) is 0 Å². The monoisotopic (exact) mass is 452 g/mol. The Morgan fingerprint density at radius 1 is 1.00 bits per heavy atom. The van der Waals surface area contributed by atoms with E-state index in [9.17, 15) is 14.4 Å². The zero-order valence-electron chi connectivity index (χ0n) is 18.6. The van der Waals surface area contributed by atoms with Gasteiger partial charge in [0, 0.05) is 18.8 Å². The number of esters is 1. The molecule has 0 aliphatic carbocycles. The summed E-state index contributed by atoms with van der Waals surface area (Å²) < 4.78 is 8.07. The highest BCUT2D eigenvalue weighted by atomic mass is 16.5. The second kappa shape index (κ2) is 8.40. The number of benzene rings is 2. The fraction of sp³-hybridized carbons (Fsp3) is 0.115. The molecule has 3 heterocycles. The largest absolute Gasteiger partial charge is 0.462 e. The summed E-state index contributed by atoms with van der Waals surface area (Å²) in [5.74, 6) is -1.20. The molecule has 0 aliphatic rings. The molecule has 0 fully saturated rings. The van der Waals surface area contributed by atoms with Crippen LogP contribution < -0.4 is 11.0 Å². The molecular formula is C26H20N4O4. The van der Waals surface area contributed by atoms with Crippen molar-refractivity contribution in [2.75, 3.05) is 6.61 Å². The molecule has 0 saturated heterocycles. The lowest BCUT2D eigenvalue weighted by atomic mass is 10.1. The minimum atomic E-state index is -0.678. The van der Waals surface area contributed by atoms with E-state index in [4.69, 9.17) is 4.74 Å². The van der Waals surface area contributed by atoms with Crippen LogP contribution in [0.5, 0.6) is 0 Å². The fourth-order valence-corrected chi connectivity index (χ4v) is 3.94. The van der Waals surface area contributed by atoms with Gasteiger partial charge in [0.15, 0.2) is 5.49 Å². The van der Waals surface area contributed by atoms with Gasteiger partial charge in [-0.25, -0.2) is 9.78 Å². The molecule has 8 heteroatoms. The van der Waals surface area contributed by atoms with Crippen molar-refractivity contribution >= 4 is 39.3 Å². The summed E-state index contributed by atoms with van der Waals surface area (Å²) in [5.41, 5.74) is 0.854. The highest BCUT2D eigenvalue weighted by Gasteiger charge is 2.19. The Bertz CT molecular complexity index is 1750. The van der Waals surface area contributed by atoms with Gasteiger partial charge in [0.25, 0.3) is 11.5 Å². The second-order valence-corrected chi connectivity index (χ2v) is 7.72. The van der Waals surface area contributed by atoms with Crippen LogP contribution in [0.4, 0.5) is 0 Å². The van der Waals surface area contributed by atoms with E-state index < -0.39 is 11.9 Å². The smallest absolute Gasteiger partial charge is 0.341 e. The van der Waals surface area contributed by atoms with Gasteiger partial charge in [-0.05, 0) is 48.0 Å². The molecule has 0 unspecified atom stereocenters. The summed E-state index contributed by atoms with van der Waals surface area (Å²) in [5, 5.41) is 2.11. The van der Waals surface area contributed by atoms with E-state index in [-0.39, 0.29) is 28.6 Å². The molecule has 8 nitrogen and oxygen atoms in total. The first-order valence-electron chi connectivity index (χ1n) is 10.7. The van der Waals surface area contributed by atoms with Gasteiger partial charge in [0.2, 0.25) is 0 Å². The average molecular weight is 452 g/mol. The van der Waals surface area contributed by atoms with E-state index in [1.807, 2.05) is 30.3 Å². The molecule has 0 bridgehead atoms. The summed E-state index contributed by atoms with van der Waals surface area (Å²) in [4.78, 5) is 47.9. The van der Waals surface area contributed by atoms with Crippen molar-refractivity contribution < 1.29 is 14.3 Å². The number of pyridine rings is 2. The molecule has 0 N–H and O–H groups in total. The summed E-state index contributed by atoms with van der Waals surface area (Å²) in [6.45, 7) is 1.81. The lowest BCUT2D eigenvalue weighted by Gasteiger charge is -2.11. The van der Waals surface area contributed by atoms with E-state index in [2.05, 4.69) is 9.98 Å². The van der Waals surface area contributed by atoms with Crippen molar-refractivity contribution in [1.82, 2.24) is 14.0 Å². The normalized spacial score (nSPS) is 11.9. The Hall–Kier alpha value is -4.59. The number of hydrogen-bond acceptors (Lipinski definition) is 5. The quantitative estimate of drug-likeness (QED) is 0.309. The fourth-order valence-electron chi connectivity index (χ4n) is 3.94. The molecule has 168 valence electrons. The van der Waals surface area contributed by atoms with Crippen LogP contribution in [0.15, 0.2) is 82.7 Å². The molecule has 0 radical (unpaired) electrons. The van der Waals surface area contributed by atoms with Crippen molar-refractivity contribution in [3.05, 3.63) is 99.9 Å². The SMILES string of the molecule is CCOC(=O)c1cc2c(=O)n3ccccc3nc2n(C)c1=NC(=O)c1ccc2ccccc2c1. The number of aromatic nitrogens is 3. The molecule has 1 amide bonds. The summed E-state index contributed by atoms with van der Waals surface area (Å²) in [6.07, 6.45) is 1.61. The van der Waals surface area contributed by atoms with Gasteiger partial charge < -0.3 is 9.30 Å². The molecule has 5 aromatic rings. The van der Waals surface area contributed by atoms with Crippen molar-refractivity contribution in [1.29, 1.82) is 0 Å². The molecule has 0 spiro atoms. The van der Waals surface area contributed by atoms with Gasteiger partial charge in [-0.3, -0.25) is 14.0 Å². The Kier molecular flexibility index (Phi) is 5.25. The summed E-state index contributed by atoms with van der Waals surface area (Å²) in [7, 11) is 1.61. The zero-order valence-corrected chi connectivity index (χ0v) is 18.6. The Morgan fingerprint density at radius 3 is 2.56 bits per heavy atom. The molecule has 5 rings (SSSR count). The first-order chi connectivity index (χ1) is 16.5. The van der Waals surface area contributed by atoms with Gasteiger partial charge in [-0.2, -0.15) is 4.99 Å². The van der Waals surface area contributed by atoms with Crippen LogP contribution in [0, 0.1) is 0 Å². The van der Waals surface area contributed by atoms with Gasteiger partial charge in [0.05, 0.1) is 12.0 Å². The van der Waals surface area contributed by atoms with E-state index in [1.54, 1.807) is 50.5 Å². The highest BCUT2D eigenvalue weighted by molar-refractivity contribution is 6.00. The van der Waals surface area contributed by atoms with Crippen LogP contribution in [0.2, 0.25) is 0 Å². The van der Waals surface area contributed by atoms with Gasteiger partial charge in [0.1, 0.15) is 16.9 Å². The van der Waals surface area contributed by atoms with Crippen LogP contribution in [-0.2, 0) is 11.8 Å². The van der Waals surface area contributed by atoms with Crippen molar-refractivity contribution in [2.24, 2.45) is 12.0 Å². The first-order valence-corrected chi connectivity index (χ1v) is 10.7. The van der Waals surface area contributed by atoms with Crippen molar-refractivity contribution in [2.45, 2.75) is 6.92 Å². The molecule has 34 heavy (non-hydrogen) atoms. The molecule has 0 atom stereocenters. The predicted octanol–water partition coefficient (Wildman–Crippen LogP) is 3.26. The number of aryl methyl sites for hydroxylation is 1. The number of ether oxygens (including phenoxy) is 1. The van der Waals surface area contributed by atoms with Crippen LogP contribution in [0.1, 0.15) is 27.6 Å². The van der Waals surface area contributed by atoms with Crippen LogP contribution in [-0.4, -0.2) is 32.4 Å². The first kappa shape index (κ1) is 21.3.